The molecule has 0 radical (unpaired) electrons. The van der Waals surface area contributed by atoms with Crippen molar-refractivity contribution in [2.24, 2.45) is 0 Å². The van der Waals surface area contributed by atoms with Gasteiger partial charge in [-0.3, -0.25) is 4.79 Å². The Bertz CT molecular complexity index is 487. The molecule has 1 fully saturated rings. The average molecular weight is 336 g/mol. The number of carbonyl (C=O) groups is 1. The maximum absolute atomic E-state index is 13.4. The molecule has 1 aliphatic carbocycles. The van der Waals surface area contributed by atoms with E-state index in [2.05, 4.69) is 21.2 Å². The van der Waals surface area contributed by atoms with Crippen molar-refractivity contribution < 1.29 is 18.0 Å². The van der Waals surface area contributed by atoms with Crippen LogP contribution in [0.1, 0.15) is 36.0 Å². The molecule has 6 heteroatoms. The number of rotatable bonds is 2. The number of carbonyl (C=O) groups excluding carboxylic acids is 1. The molecule has 0 bridgehead atoms. The molecule has 0 aliphatic heterocycles. The van der Waals surface area contributed by atoms with Gasteiger partial charge in [-0.1, -0.05) is 15.9 Å². The van der Waals surface area contributed by atoms with Gasteiger partial charge in [0.25, 0.3) is 5.91 Å². The first kappa shape index (κ1) is 14.4. The van der Waals surface area contributed by atoms with Gasteiger partial charge in [0.05, 0.1) is 5.56 Å². The van der Waals surface area contributed by atoms with Gasteiger partial charge in [0.15, 0.2) is 17.5 Å². The Kier molecular flexibility index (Phi) is 4.50. The van der Waals surface area contributed by atoms with Gasteiger partial charge in [-0.15, -0.1) is 0 Å². The summed E-state index contributed by atoms with van der Waals surface area (Å²) in [6.07, 6.45) is 3.41. The number of benzene rings is 1. The fraction of sp³-hybridized carbons (Fsp3) is 0.462. The minimum Gasteiger partial charge on any atom is -0.349 e. The molecule has 1 aliphatic rings. The molecule has 2 nitrogen and oxygen atoms in total. The third kappa shape index (κ3) is 3.29. The fourth-order valence-corrected chi connectivity index (χ4v) is 2.69. The average Bonchev–Trinajstić information content (AvgIpc) is 2.39. The van der Waals surface area contributed by atoms with Crippen LogP contribution in [-0.4, -0.2) is 16.8 Å². The standard InChI is InChI=1S/C13H13BrF3NO/c14-7-1-3-8(4-2-7)18-13(19)9-5-6-10(15)12(17)11(9)16/h5-8H,1-4H2,(H,18,19). The molecule has 1 aromatic carbocycles. The molecule has 0 unspecified atom stereocenters. The number of hydrogen-bond acceptors (Lipinski definition) is 1. The van der Waals surface area contributed by atoms with Crippen molar-refractivity contribution >= 4 is 21.8 Å². The number of nitrogens with one attached hydrogen (secondary N) is 1. The Morgan fingerprint density at radius 2 is 1.74 bits per heavy atom. The van der Waals surface area contributed by atoms with E-state index in [0.717, 1.165) is 37.8 Å². The van der Waals surface area contributed by atoms with Crippen LogP contribution in [0.2, 0.25) is 0 Å². The normalized spacial score (nSPS) is 23.2. The van der Waals surface area contributed by atoms with Crippen molar-refractivity contribution in [1.82, 2.24) is 5.32 Å². The summed E-state index contributed by atoms with van der Waals surface area (Å²) >= 11 is 3.49. The van der Waals surface area contributed by atoms with Crippen LogP contribution in [0, 0.1) is 17.5 Å². The third-order valence-electron chi connectivity index (χ3n) is 3.27. The summed E-state index contributed by atoms with van der Waals surface area (Å²) in [4.78, 5) is 12.3. The van der Waals surface area contributed by atoms with E-state index in [-0.39, 0.29) is 6.04 Å². The molecule has 19 heavy (non-hydrogen) atoms. The van der Waals surface area contributed by atoms with Crippen LogP contribution < -0.4 is 5.32 Å². The van der Waals surface area contributed by atoms with E-state index in [4.69, 9.17) is 0 Å². The van der Waals surface area contributed by atoms with Crippen molar-refractivity contribution in [1.29, 1.82) is 0 Å². The van der Waals surface area contributed by atoms with Crippen molar-refractivity contribution in [3.8, 4) is 0 Å². The maximum atomic E-state index is 13.4. The van der Waals surface area contributed by atoms with Gasteiger partial charge in [-0.25, -0.2) is 13.2 Å². The van der Waals surface area contributed by atoms with Gasteiger partial charge in [0, 0.05) is 10.9 Å². The van der Waals surface area contributed by atoms with E-state index >= 15 is 0 Å². The smallest absolute Gasteiger partial charge is 0.254 e. The highest BCUT2D eigenvalue weighted by Crippen LogP contribution is 2.24. The molecule has 2 rings (SSSR count). The number of alkyl halides is 1. The second-order valence-electron chi connectivity index (χ2n) is 4.65. The first-order valence-electron chi connectivity index (χ1n) is 6.07. The van der Waals surface area contributed by atoms with E-state index in [1.165, 1.54) is 0 Å². The minimum atomic E-state index is -1.61. The van der Waals surface area contributed by atoms with Crippen molar-refractivity contribution in [2.45, 2.75) is 36.6 Å². The topological polar surface area (TPSA) is 29.1 Å². The highest BCUT2D eigenvalue weighted by Gasteiger charge is 2.24. The summed E-state index contributed by atoms with van der Waals surface area (Å²) in [5, 5.41) is 2.65. The number of hydrogen-bond donors (Lipinski definition) is 1. The van der Waals surface area contributed by atoms with Gasteiger partial charge in [0.2, 0.25) is 0 Å². The van der Waals surface area contributed by atoms with E-state index in [1.54, 1.807) is 0 Å². The molecule has 1 aromatic rings. The van der Waals surface area contributed by atoms with Gasteiger partial charge in [0.1, 0.15) is 0 Å². The van der Waals surface area contributed by atoms with Crippen molar-refractivity contribution in [3.63, 3.8) is 0 Å². The lowest BCUT2D eigenvalue weighted by molar-refractivity contribution is 0.0923. The summed E-state index contributed by atoms with van der Waals surface area (Å²) in [5.74, 6) is -5.05. The van der Waals surface area contributed by atoms with E-state index < -0.39 is 28.9 Å². The molecule has 1 amide bonds. The molecule has 0 atom stereocenters. The predicted octanol–water partition coefficient (Wildman–Crippen LogP) is 3.54. The van der Waals surface area contributed by atoms with Crippen LogP contribution >= 0.6 is 15.9 Å². The second-order valence-corrected chi connectivity index (χ2v) is 5.94. The van der Waals surface area contributed by atoms with Crippen LogP contribution in [0.3, 0.4) is 0 Å². The van der Waals surface area contributed by atoms with E-state index in [0.29, 0.717) is 4.83 Å². The van der Waals surface area contributed by atoms with E-state index in [9.17, 15) is 18.0 Å². The zero-order chi connectivity index (χ0) is 14.0. The molecular formula is C13H13BrF3NO. The zero-order valence-electron chi connectivity index (χ0n) is 10.1. The van der Waals surface area contributed by atoms with Crippen LogP contribution in [-0.2, 0) is 0 Å². The molecule has 104 valence electrons. The van der Waals surface area contributed by atoms with Gasteiger partial charge in [-0.2, -0.15) is 0 Å². The van der Waals surface area contributed by atoms with Gasteiger partial charge in [-0.05, 0) is 37.8 Å². The van der Waals surface area contributed by atoms with Gasteiger partial charge >= 0.3 is 0 Å². The Hall–Kier alpha value is -1.04. The first-order chi connectivity index (χ1) is 8.99. The van der Waals surface area contributed by atoms with Crippen LogP contribution in [0.5, 0.6) is 0 Å². The Morgan fingerprint density at radius 3 is 2.37 bits per heavy atom. The van der Waals surface area contributed by atoms with Crippen LogP contribution in [0.25, 0.3) is 0 Å². The summed E-state index contributed by atoms with van der Waals surface area (Å²) in [7, 11) is 0. The highest BCUT2D eigenvalue weighted by molar-refractivity contribution is 9.09. The summed E-state index contributed by atoms with van der Waals surface area (Å²) < 4.78 is 39.3. The summed E-state index contributed by atoms with van der Waals surface area (Å²) in [6.45, 7) is 0. The van der Waals surface area contributed by atoms with E-state index in [1.807, 2.05) is 0 Å². The number of amides is 1. The fourth-order valence-electron chi connectivity index (χ4n) is 2.16. The predicted molar refractivity (Wildman–Crippen MR) is 68.8 cm³/mol. The Labute approximate surface area is 117 Å². The molecule has 1 saturated carbocycles. The first-order valence-corrected chi connectivity index (χ1v) is 6.99. The summed E-state index contributed by atoms with van der Waals surface area (Å²) in [5.41, 5.74) is -0.458. The minimum absolute atomic E-state index is 0.0474. The maximum Gasteiger partial charge on any atom is 0.254 e. The molecule has 0 aromatic heterocycles. The molecule has 0 saturated heterocycles. The lowest BCUT2D eigenvalue weighted by Crippen LogP contribution is -2.38. The SMILES string of the molecule is O=C(NC1CCC(Br)CC1)c1ccc(F)c(F)c1F. The quantitative estimate of drug-likeness (QED) is 0.650. The van der Waals surface area contributed by atoms with Crippen molar-refractivity contribution in [3.05, 3.63) is 35.1 Å². The van der Waals surface area contributed by atoms with Crippen LogP contribution in [0.15, 0.2) is 12.1 Å². The molecule has 1 N–H and O–H groups in total. The highest BCUT2D eigenvalue weighted by atomic mass is 79.9. The Balaban J connectivity index is 2.06. The van der Waals surface area contributed by atoms with Gasteiger partial charge < -0.3 is 5.32 Å². The Morgan fingerprint density at radius 1 is 1.11 bits per heavy atom. The molecule has 0 spiro atoms. The zero-order valence-corrected chi connectivity index (χ0v) is 11.6. The van der Waals surface area contributed by atoms with Crippen LogP contribution in [0.4, 0.5) is 13.2 Å². The summed E-state index contributed by atoms with van der Waals surface area (Å²) in [6, 6.07) is 1.66. The monoisotopic (exact) mass is 335 g/mol. The number of halogens is 4. The van der Waals surface area contributed by atoms with Crippen molar-refractivity contribution in [2.75, 3.05) is 0 Å². The molecule has 0 heterocycles. The molecular weight excluding hydrogens is 323 g/mol. The third-order valence-corrected chi connectivity index (χ3v) is 4.19. The largest absolute Gasteiger partial charge is 0.349 e. The lowest BCUT2D eigenvalue weighted by atomic mass is 9.95. The second kappa shape index (κ2) is 5.94. The lowest BCUT2D eigenvalue weighted by Gasteiger charge is -2.26.